The maximum atomic E-state index is 13.9. The molecular weight excluding hydrogens is 404 g/mol. The Morgan fingerprint density at radius 2 is 2.07 bits per heavy atom. The van der Waals surface area contributed by atoms with E-state index in [-0.39, 0.29) is 36.5 Å². The van der Waals surface area contributed by atoms with Crippen LogP contribution in [0.5, 0.6) is 0 Å². The topological polar surface area (TPSA) is 58.6 Å². The van der Waals surface area contributed by atoms with Gasteiger partial charge in [-0.05, 0) is 31.5 Å². The first-order chi connectivity index (χ1) is 13.0. The van der Waals surface area contributed by atoms with E-state index >= 15 is 0 Å². The molecule has 10 heteroatoms. The summed E-state index contributed by atoms with van der Waals surface area (Å²) in [5, 5.41) is 2.41. The third-order valence-corrected chi connectivity index (χ3v) is 4.66. The van der Waals surface area contributed by atoms with E-state index in [1.807, 2.05) is 0 Å². The Balaban J connectivity index is 2.11. The van der Waals surface area contributed by atoms with E-state index in [1.165, 1.54) is 17.0 Å². The van der Waals surface area contributed by atoms with Crippen molar-refractivity contribution in [2.24, 2.45) is 5.92 Å². The lowest BCUT2D eigenvalue weighted by Crippen LogP contribution is -2.39. The molecule has 2 amide bonds. The van der Waals surface area contributed by atoms with E-state index in [0.717, 1.165) is 0 Å². The monoisotopic (exact) mass is 424 g/mol. The van der Waals surface area contributed by atoms with E-state index in [9.17, 15) is 27.2 Å². The van der Waals surface area contributed by atoms with E-state index in [2.05, 4.69) is 10.1 Å². The van der Waals surface area contributed by atoms with Gasteiger partial charge in [-0.15, -0.1) is 0 Å². The summed E-state index contributed by atoms with van der Waals surface area (Å²) in [5.41, 5.74) is 0.426. The summed E-state index contributed by atoms with van der Waals surface area (Å²) in [7, 11) is 0. The van der Waals surface area contributed by atoms with Crippen LogP contribution in [0.15, 0.2) is 18.2 Å². The Morgan fingerprint density at radius 3 is 2.64 bits per heavy atom. The lowest BCUT2D eigenvalue weighted by atomic mass is 9.92. The summed E-state index contributed by atoms with van der Waals surface area (Å²) in [4.78, 5) is 26.5. The summed E-state index contributed by atoms with van der Waals surface area (Å²) < 4.78 is 54.5. The van der Waals surface area contributed by atoms with Crippen LogP contribution in [0.4, 0.5) is 17.6 Å². The summed E-state index contributed by atoms with van der Waals surface area (Å²) in [6.45, 7) is 1.70. The minimum absolute atomic E-state index is 0.0769. The van der Waals surface area contributed by atoms with Crippen molar-refractivity contribution in [3.63, 3.8) is 0 Å². The molecule has 2 atom stereocenters. The van der Waals surface area contributed by atoms with Gasteiger partial charge < -0.3 is 15.0 Å². The smallest absolute Gasteiger partial charge is 0.370 e. The van der Waals surface area contributed by atoms with E-state index < -0.39 is 36.5 Å². The number of likely N-dealkylation sites (tertiary alicyclic amines) is 1. The highest BCUT2D eigenvalue weighted by molar-refractivity contribution is 6.30. The molecule has 2 rings (SSSR count). The largest absolute Gasteiger partial charge is 0.411 e. The van der Waals surface area contributed by atoms with Gasteiger partial charge in [0.05, 0.1) is 23.6 Å². The van der Waals surface area contributed by atoms with Crippen molar-refractivity contribution in [1.82, 2.24) is 10.2 Å². The highest BCUT2D eigenvalue weighted by Crippen LogP contribution is 2.40. The zero-order chi connectivity index (χ0) is 21.1. The number of ether oxygens (including phenoxy) is 1. The molecular formula is C18H21ClF4N2O3. The van der Waals surface area contributed by atoms with Crippen LogP contribution in [0.2, 0.25) is 5.02 Å². The molecule has 0 saturated carbocycles. The normalized spacial score (nSPS) is 20.1. The van der Waals surface area contributed by atoms with Gasteiger partial charge in [-0.3, -0.25) is 9.59 Å². The molecule has 28 heavy (non-hydrogen) atoms. The van der Waals surface area contributed by atoms with Crippen molar-refractivity contribution < 1.29 is 31.9 Å². The van der Waals surface area contributed by atoms with Crippen molar-refractivity contribution in [3.8, 4) is 0 Å². The number of nitrogens with zero attached hydrogens (tertiary/aromatic N) is 1. The maximum Gasteiger partial charge on any atom is 0.411 e. The molecule has 0 spiro atoms. The minimum Gasteiger partial charge on any atom is -0.370 e. The number of halogens is 5. The number of alkyl halides is 3. The molecule has 1 heterocycles. The zero-order valence-corrected chi connectivity index (χ0v) is 16.1. The van der Waals surface area contributed by atoms with Gasteiger partial charge >= 0.3 is 6.18 Å². The molecule has 1 N–H and O–H groups in total. The Labute approximate surface area is 165 Å². The standard InChI is InChI=1S/C18H21ClF4N2O3/c1-10(2)25-15(26)8-12(16(25)11-3-4-13(19)14(20)7-11)17(27)24-5-6-28-9-18(21,22)23/h3-4,7,10,12,16H,5-6,8-9H2,1-2H3,(H,24,27)/t12-,16-/m0/s1. The molecule has 1 aromatic carbocycles. The van der Waals surface area contributed by atoms with Crippen molar-refractivity contribution in [2.45, 2.75) is 38.5 Å². The van der Waals surface area contributed by atoms with Gasteiger partial charge in [0.15, 0.2) is 0 Å². The number of hydrogen-bond donors (Lipinski definition) is 1. The van der Waals surface area contributed by atoms with Crippen LogP contribution in [-0.2, 0) is 14.3 Å². The van der Waals surface area contributed by atoms with Crippen LogP contribution in [0, 0.1) is 11.7 Å². The lowest BCUT2D eigenvalue weighted by Gasteiger charge is -2.31. The molecule has 0 bridgehead atoms. The zero-order valence-electron chi connectivity index (χ0n) is 15.4. The van der Waals surface area contributed by atoms with Gasteiger partial charge in [0, 0.05) is 19.0 Å². The quantitative estimate of drug-likeness (QED) is 0.538. The third kappa shape index (κ3) is 5.57. The van der Waals surface area contributed by atoms with E-state index in [4.69, 9.17) is 11.6 Å². The SMILES string of the molecule is CC(C)N1C(=O)C[C@H](C(=O)NCCOCC(F)(F)F)[C@@H]1c1ccc(Cl)c(F)c1. The highest BCUT2D eigenvalue weighted by atomic mass is 35.5. The molecule has 1 aliphatic rings. The predicted molar refractivity (Wildman–Crippen MR) is 94.1 cm³/mol. The average Bonchev–Trinajstić information content (AvgIpc) is 2.93. The fourth-order valence-electron chi connectivity index (χ4n) is 3.25. The molecule has 1 aromatic rings. The number of amides is 2. The number of carbonyl (C=O) groups is 2. The van der Waals surface area contributed by atoms with Gasteiger partial charge in [0.2, 0.25) is 11.8 Å². The third-order valence-electron chi connectivity index (χ3n) is 4.35. The van der Waals surface area contributed by atoms with Crippen molar-refractivity contribution in [1.29, 1.82) is 0 Å². The summed E-state index contributed by atoms with van der Waals surface area (Å²) in [6, 6.07) is 3.16. The van der Waals surface area contributed by atoms with E-state index in [0.29, 0.717) is 5.56 Å². The molecule has 1 saturated heterocycles. The van der Waals surface area contributed by atoms with Crippen LogP contribution in [0.3, 0.4) is 0 Å². The van der Waals surface area contributed by atoms with Gasteiger partial charge in [0.25, 0.3) is 0 Å². The van der Waals surface area contributed by atoms with Crippen LogP contribution < -0.4 is 5.32 Å². The number of nitrogens with one attached hydrogen (secondary N) is 1. The van der Waals surface area contributed by atoms with Crippen molar-refractivity contribution in [3.05, 3.63) is 34.6 Å². The van der Waals surface area contributed by atoms with E-state index in [1.54, 1.807) is 19.9 Å². The molecule has 1 fully saturated rings. The average molecular weight is 425 g/mol. The molecule has 156 valence electrons. The minimum atomic E-state index is -4.44. The first kappa shape index (κ1) is 22.4. The fourth-order valence-corrected chi connectivity index (χ4v) is 3.37. The Hall–Kier alpha value is -1.87. The summed E-state index contributed by atoms with van der Waals surface area (Å²) >= 11 is 5.72. The molecule has 0 unspecified atom stereocenters. The van der Waals surface area contributed by atoms with Gasteiger partial charge in [-0.1, -0.05) is 17.7 Å². The lowest BCUT2D eigenvalue weighted by molar-refractivity contribution is -0.173. The first-order valence-corrected chi connectivity index (χ1v) is 9.07. The Morgan fingerprint density at radius 1 is 1.39 bits per heavy atom. The second kappa shape index (κ2) is 9.09. The van der Waals surface area contributed by atoms with Gasteiger partial charge in [-0.25, -0.2) is 4.39 Å². The molecule has 5 nitrogen and oxygen atoms in total. The number of hydrogen-bond acceptors (Lipinski definition) is 3. The van der Waals surface area contributed by atoms with Gasteiger partial charge in [-0.2, -0.15) is 13.2 Å². The fraction of sp³-hybridized carbons (Fsp3) is 0.556. The summed E-state index contributed by atoms with van der Waals surface area (Å²) in [6.07, 6.45) is -4.52. The number of carbonyl (C=O) groups excluding carboxylic acids is 2. The Bertz CT molecular complexity index is 727. The van der Waals surface area contributed by atoms with Crippen molar-refractivity contribution >= 4 is 23.4 Å². The molecule has 0 aliphatic carbocycles. The molecule has 1 aliphatic heterocycles. The van der Waals surface area contributed by atoms with Crippen molar-refractivity contribution in [2.75, 3.05) is 19.8 Å². The second-order valence-corrected chi connectivity index (χ2v) is 7.19. The van der Waals surface area contributed by atoms with Crippen LogP contribution >= 0.6 is 11.6 Å². The number of benzene rings is 1. The van der Waals surface area contributed by atoms with Crippen LogP contribution in [-0.4, -0.2) is 48.7 Å². The second-order valence-electron chi connectivity index (χ2n) is 6.78. The molecule has 0 radical (unpaired) electrons. The molecule has 0 aromatic heterocycles. The summed E-state index contributed by atoms with van der Waals surface area (Å²) in [5.74, 6) is -2.24. The maximum absolute atomic E-state index is 13.9. The van der Waals surface area contributed by atoms with Crippen LogP contribution in [0.25, 0.3) is 0 Å². The van der Waals surface area contributed by atoms with Crippen LogP contribution in [0.1, 0.15) is 31.9 Å². The highest BCUT2D eigenvalue weighted by Gasteiger charge is 2.45. The predicted octanol–water partition coefficient (Wildman–Crippen LogP) is 3.47. The first-order valence-electron chi connectivity index (χ1n) is 8.69. The van der Waals surface area contributed by atoms with Gasteiger partial charge in [0.1, 0.15) is 12.4 Å². The number of rotatable bonds is 7. The Kier molecular flexibility index (Phi) is 7.28.